The standard InChI is InChI=1S/C42H84O2/c1-4-7-10-13-16-18-19-20-21-22-23-24-25-26-27-28-30-33-36-39-42(43)44-40-41(37-34-31-15-12-9-6-3)38-35-32-29-17-14-11-8-5-2/h41H,4-40H2,1-3H3. The average Bonchev–Trinajstić information content (AvgIpc) is 3.03. The van der Waals surface area contributed by atoms with Crippen molar-refractivity contribution in [2.45, 2.75) is 252 Å². The zero-order valence-corrected chi connectivity index (χ0v) is 31.1. The minimum absolute atomic E-state index is 0.0563. The smallest absolute Gasteiger partial charge is 0.305 e. The average molecular weight is 621 g/mol. The Kier molecular flexibility index (Phi) is 38.2. The molecule has 1 unspecified atom stereocenters. The normalized spacial score (nSPS) is 12.2. The van der Waals surface area contributed by atoms with E-state index < -0.39 is 0 Å². The van der Waals surface area contributed by atoms with Crippen LogP contribution in [0.4, 0.5) is 0 Å². The van der Waals surface area contributed by atoms with Crippen molar-refractivity contribution in [2.75, 3.05) is 6.61 Å². The first-order valence-corrected chi connectivity index (χ1v) is 20.9. The van der Waals surface area contributed by atoms with Gasteiger partial charge in [0.25, 0.3) is 0 Å². The van der Waals surface area contributed by atoms with E-state index in [0.29, 0.717) is 18.9 Å². The van der Waals surface area contributed by atoms with Crippen molar-refractivity contribution in [1.29, 1.82) is 0 Å². The van der Waals surface area contributed by atoms with Gasteiger partial charge in [-0.2, -0.15) is 0 Å². The molecule has 0 aromatic rings. The van der Waals surface area contributed by atoms with Crippen LogP contribution in [0.2, 0.25) is 0 Å². The number of esters is 1. The Balaban J connectivity index is 3.71. The molecule has 0 fully saturated rings. The van der Waals surface area contributed by atoms with Gasteiger partial charge in [-0.1, -0.05) is 226 Å². The summed E-state index contributed by atoms with van der Waals surface area (Å²) in [4.78, 5) is 12.5. The quantitative estimate of drug-likeness (QED) is 0.0507. The summed E-state index contributed by atoms with van der Waals surface area (Å²) in [5.74, 6) is 0.635. The molecule has 0 aliphatic rings. The maximum atomic E-state index is 12.5. The molecule has 0 aliphatic heterocycles. The van der Waals surface area contributed by atoms with Crippen LogP contribution >= 0.6 is 0 Å². The van der Waals surface area contributed by atoms with Gasteiger partial charge in [-0.05, 0) is 25.2 Å². The minimum Gasteiger partial charge on any atom is -0.465 e. The Bertz CT molecular complexity index is 530. The molecule has 44 heavy (non-hydrogen) atoms. The molecule has 0 bridgehead atoms. The Hall–Kier alpha value is -0.530. The molecule has 0 aromatic heterocycles. The monoisotopic (exact) mass is 621 g/mol. The molecule has 0 amide bonds. The molecule has 0 saturated heterocycles. The van der Waals surface area contributed by atoms with Crippen molar-refractivity contribution in [2.24, 2.45) is 5.92 Å². The van der Waals surface area contributed by atoms with E-state index in [-0.39, 0.29) is 5.97 Å². The molecule has 0 heterocycles. The molecule has 264 valence electrons. The van der Waals surface area contributed by atoms with Crippen LogP contribution in [0, 0.1) is 5.92 Å². The van der Waals surface area contributed by atoms with Crippen LogP contribution in [0.3, 0.4) is 0 Å². The molecular formula is C42H84O2. The fraction of sp³-hybridized carbons (Fsp3) is 0.976. The van der Waals surface area contributed by atoms with Crippen molar-refractivity contribution < 1.29 is 9.53 Å². The fourth-order valence-electron chi connectivity index (χ4n) is 6.72. The summed E-state index contributed by atoms with van der Waals surface area (Å²) in [7, 11) is 0. The van der Waals surface area contributed by atoms with Gasteiger partial charge in [0.15, 0.2) is 0 Å². The highest BCUT2D eigenvalue weighted by Crippen LogP contribution is 2.21. The van der Waals surface area contributed by atoms with Crippen LogP contribution in [0.15, 0.2) is 0 Å². The number of rotatable bonds is 38. The molecule has 0 rings (SSSR count). The number of hydrogen-bond donors (Lipinski definition) is 0. The second-order valence-corrected chi connectivity index (χ2v) is 14.5. The van der Waals surface area contributed by atoms with E-state index in [0.717, 1.165) is 6.42 Å². The first kappa shape index (κ1) is 43.5. The molecule has 0 spiro atoms. The Labute approximate surface area is 279 Å². The second kappa shape index (κ2) is 38.7. The highest BCUT2D eigenvalue weighted by atomic mass is 16.5. The van der Waals surface area contributed by atoms with E-state index in [2.05, 4.69) is 20.8 Å². The molecule has 0 saturated carbocycles. The van der Waals surface area contributed by atoms with Crippen LogP contribution < -0.4 is 0 Å². The van der Waals surface area contributed by atoms with E-state index in [1.165, 1.54) is 218 Å². The number of hydrogen-bond acceptors (Lipinski definition) is 2. The predicted molar refractivity (Wildman–Crippen MR) is 198 cm³/mol. The van der Waals surface area contributed by atoms with E-state index in [1.807, 2.05) is 0 Å². The number of carbonyl (C=O) groups excluding carboxylic acids is 1. The van der Waals surface area contributed by atoms with E-state index in [1.54, 1.807) is 0 Å². The predicted octanol–water partition coefficient (Wildman–Crippen LogP) is 15.2. The first-order chi connectivity index (χ1) is 21.7. The van der Waals surface area contributed by atoms with Crippen LogP contribution in [0.1, 0.15) is 252 Å². The summed E-state index contributed by atoms with van der Waals surface area (Å²) < 4.78 is 5.82. The third-order valence-corrected chi connectivity index (χ3v) is 9.90. The van der Waals surface area contributed by atoms with Gasteiger partial charge in [-0.3, -0.25) is 4.79 Å². The molecule has 0 aliphatic carbocycles. The summed E-state index contributed by atoms with van der Waals surface area (Å²) >= 11 is 0. The first-order valence-electron chi connectivity index (χ1n) is 20.9. The molecule has 2 nitrogen and oxygen atoms in total. The van der Waals surface area contributed by atoms with Crippen LogP contribution in [0.5, 0.6) is 0 Å². The van der Waals surface area contributed by atoms with E-state index >= 15 is 0 Å². The Morgan fingerprint density at radius 2 is 0.614 bits per heavy atom. The highest BCUT2D eigenvalue weighted by molar-refractivity contribution is 5.69. The molecule has 2 heteroatoms. The fourth-order valence-corrected chi connectivity index (χ4v) is 6.72. The van der Waals surface area contributed by atoms with Gasteiger partial charge in [0, 0.05) is 6.42 Å². The molecule has 1 atom stereocenters. The van der Waals surface area contributed by atoms with Gasteiger partial charge in [0.05, 0.1) is 6.61 Å². The third kappa shape index (κ3) is 35.9. The van der Waals surface area contributed by atoms with Gasteiger partial charge in [0.2, 0.25) is 0 Å². The lowest BCUT2D eigenvalue weighted by molar-refractivity contribution is -0.145. The van der Waals surface area contributed by atoms with Crippen LogP contribution in [-0.4, -0.2) is 12.6 Å². The van der Waals surface area contributed by atoms with Gasteiger partial charge in [0.1, 0.15) is 0 Å². The van der Waals surface area contributed by atoms with Crippen molar-refractivity contribution in [3.05, 3.63) is 0 Å². The largest absolute Gasteiger partial charge is 0.465 e. The Morgan fingerprint density at radius 3 is 0.909 bits per heavy atom. The van der Waals surface area contributed by atoms with E-state index in [9.17, 15) is 4.79 Å². The van der Waals surface area contributed by atoms with Crippen LogP contribution in [-0.2, 0) is 9.53 Å². The maximum Gasteiger partial charge on any atom is 0.305 e. The van der Waals surface area contributed by atoms with Crippen molar-refractivity contribution in [1.82, 2.24) is 0 Å². The van der Waals surface area contributed by atoms with Crippen molar-refractivity contribution in [3.63, 3.8) is 0 Å². The number of carbonyl (C=O) groups is 1. The molecule has 0 N–H and O–H groups in total. The zero-order valence-electron chi connectivity index (χ0n) is 31.1. The minimum atomic E-state index is 0.0563. The number of unbranched alkanes of at least 4 members (excludes halogenated alkanes) is 30. The van der Waals surface area contributed by atoms with Gasteiger partial charge in [-0.25, -0.2) is 0 Å². The van der Waals surface area contributed by atoms with Crippen molar-refractivity contribution >= 4 is 5.97 Å². The summed E-state index contributed by atoms with van der Waals surface area (Å²) in [6.07, 6.45) is 48.5. The summed E-state index contributed by atoms with van der Waals surface area (Å²) in [6.45, 7) is 7.55. The Morgan fingerprint density at radius 1 is 0.364 bits per heavy atom. The lowest BCUT2D eigenvalue weighted by Gasteiger charge is -2.17. The molecular weight excluding hydrogens is 536 g/mol. The van der Waals surface area contributed by atoms with Crippen LogP contribution in [0.25, 0.3) is 0 Å². The maximum absolute atomic E-state index is 12.5. The molecule has 0 aromatic carbocycles. The SMILES string of the molecule is CCCCCCCCCCCCCCCCCCCCCC(=O)OCC(CCCCCCCC)CCCCCCCCCC. The van der Waals surface area contributed by atoms with Crippen molar-refractivity contribution in [3.8, 4) is 0 Å². The van der Waals surface area contributed by atoms with Gasteiger partial charge < -0.3 is 4.74 Å². The highest BCUT2D eigenvalue weighted by Gasteiger charge is 2.12. The third-order valence-electron chi connectivity index (χ3n) is 9.90. The molecule has 0 radical (unpaired) electrons. The zero-order chi connectivity index (χ0) is 32.0. The summed E-state index contributed by atoms with van der Waals surface area (Å²) in [6, 6.07) is 0. The summed E-state index contributed by atoms with van der Waals surface area (Å²) in [5, 5.41) is 0. The lowest BCUT2D eigenvalue weighted by atomic mass is 9.94. The van der Waals surface area contributed by atoms with Gasteiger partial charge in [-0.15, -0.1) is 0 Å². The van der Waals surface area contributed by atoms with E-state index in [4.69, 9.17) is 4.74 Å². The summed E-state index contributed by atoms with van der Waals surface area (Å²) in [5.41, 5.74) is 0. The topological polar surface area (TPSA) is 26.3 Å². The number of ether oxygens (including phenoxy) is 1. The second-order valence-electron chi connectivity index (χ2n) is 14.5. The lowest BCUT2D eigenvalue weighted by Crippen LogP contribution is -2.14. The van der Waals surface area contributed by atoms with Gasteiger partial charge >= 0.3 is 5.97 Å².